The van der Waals surface area contributed by atoms with Crippen LogP contribution >= 0.6 is 0 Å². The highest BCUT2D eigenvalue weighted by molar-refractivity contribution is 5.78. The summed E-state index contributed by atoms with van der Waals surface area (Å²) in [6.45, 7) is 5.41. The average Bonchev–Trinajstić information content (AvgIpc) is 3.12. The third-order valence-corrected chi connectivity index (χ3v) is 10.6. The molecule has 0 unspecified atom stereocenters. The van der Waals surface area contributed by atoms with Crippen LogP contribution in [0.4, 0.5) is 0 Å². The molecule has 0 aromatic heterocycles. The van der Waals surface area contributed by atoms with Gasteiger partial charge in [-0.2, -0.15) is 0 Å². The molecule has 50 heavy (non-hydrogen) atoms. The standard InChI is InChI=1S/C43H62O7/c1-3-9-42(45)49-40-27-23-38(24-28-40)47-31-35-19-15-33(16-20-35)11-5-7-13-37(44)14-8-6-12-34-17-21-36(22-18-34)32-48-39-25-29-41(30-26-39)50-43(46)10-4-2/h23-30,33-36H,3-22,31-32H2,1-2H3. The van der Waals surface area contributed by atoms with Crippen molar-refractivity contribution in [1.29, 1.82) is 0 Å². The number of Topliss-reactive ketones (excluding diaryl/α,β-unsaturated/α-hetero) is 1. The predicted molar refractivity (Wildman–Crippen MR) is 198 cm³/mol. The first-order valence-electron chi connectivity index (χ1n) is 19.8. The van der Waals surface area contributed by atoms with Gasteiger partial charge in [0.1, 0.15) is 28.8 Å². The van der Waals surface area contributed by atoms with Crippen molar-refractivity contribution < 1.29 is 33.3 Å². The van der Waals surface area contributed by atoms with Crippen LogP contribution in [0, 0.1) is 23.7 Å². The van der Waals surface area contributed by atoms with Gasteiger partial charge in [-0.15, -0.1) is 0 Å². The SMILES string of the molecule is CCCC(=O)Oc1ccc(OCC2CCC(CCCCC(=O)CCCCC3CCC(COc4ccc(OC(=O)CCC)cc4)CC3)CC2)cc1. The van der Waals surface area contributed by atoms with Crippen LogP contribution in [0.15, 0.2) is 48.5 Å². The molecule has 7 heteroatoms. The van der Waals surface area contributed by atoms with E-state index in [0.29, 0.717) is 42.0 Å². The van der Waals surface area contributed by atoms with Crippen molar-refractivity contribution in [3.8, 4) is 23.0 Å². The van der Waals surface area contributed by atoms with Gasteiger partial charge in [-0.25, -0.2) is 0 Å². The lowest BCUT2D eigenvalue weighted by Gasteiger charge is -2.28. The van der Waals surface area contributed by atoms with E-state index in [1.165, 1.54) is 77.0 Å². The Labute approximate surface area is 301 Å². The Balaban J connectivity index is 0.950. The van der Waals surface area contributed by atoms with Gasteiger partial charge >= 0.3 is 11.9 Å². The lowest BCUT2D eigenvalue weighted by atomic mass is 9.80. The number of ether oxygens (including phenoxy) is 4. The fourth-order valence-corrected chi connectivity index (χ4v) is 7.42. The number of unbranched alkanes of at least 4 members (excludes halogenated alkanes) is 2. The zero-order valence-corrected chi connectivity index (χ0v) is 30.8. The normalized spacial score (nSPS) is 20.5. The van der Waals surface area contributed by atoms with E-state index in [1.54, 1.807) is 24.3 Å². The van der Waals surface area contributed by atoms with Gasteiger partial charge in [0.05, 0.1) is 13.2 Å². The summed E-state index contributed by atoms with van der Waals surface area (Å²) in [7, 11) is 0. The molecule has 7 nitrogen and oxygen atoms in total. The third kappa shape index (κ3) is 15.3. The molecule has 2 aliphatic rings. The number of benzene rings is 2. The molecule has 0 saturated heterocycles. The van der Waals surface area contributed by atoms with Crippen molar-refractivity contribution in [2.24, 2.45) is 23.7 Å². The predicted octanol–water partition coefficient (Wildman–Crippen LogP) is 10.9. The molecule has 0 bridgehead atoms. The van der Waals surface area contributed by atoms with Crippen LogP contribution in [0.25, 0.3) is 0 Å². The molecule has 0 N–H and O–H groups in total. The minimum absolute atomic E-state index is 0.195. The smallest absolute Gasteiger partial charge is 0.311 e. The summed E-state index contributed by atoms with van der Waals surface area (Å²) in [4.78, 5) is 35.8. The average molecular weight is 691 g/mol. The molecule has 2 saturated carbocycles. The van der Waals surface area contributed by atoms with Crippen LogP contribution < -0.4 is 18.9 Å². The van der Waals surface area contributed by atoms with Gasteiger partial charge in [0, 0.05) is 25.7 Å². The minimum Gasteiger partial charge on any atom is -0.493 e. The number of esters is 2. The van der Waals surface area contributed by atoms with Crippen LogP contribution in [0.5, 0.6) is 23.0 Å². The van der Waals surface area contributed by atoms with E-state index < -0.39 is 0 Å². The summed E-state index contributed by atoms with van der Waals surface area (Å²) >= 11 is 0. The van der Waals surface area contributed by atoms with Gasteiger partial charge in [-0.05, 0) is 124 Å². The topological polar surface area (TPSA) is 88.1 Å². The van der Waals surface area contributed by atoms with Gasteiger partial charge in [0.15, 0.2) is 0 Å². The second-order valence-corrected chi connectivity index (χ2v) is 14.8. The van der Waals surface area contributed by atoms with Crippen molar-refractivity contribution in [3.63, 3.8) is 0 Å². The Bertz CT molecular complexity index is 1160. The molecule has 2 aliphatic carbocycles. The maximum atomic E-state index is 12.5. The monoisotopic (exact) mass is 690 g/mol. The molecule has 4 rings (SSSR count). The van der Waals surface area contributed by atoms with Crippen molar-refractivity contribution in [1.82, 2.24) is 0 Å². The fraction of sp³-hybridized carbons (Fsp3) is 0.651. The van der Waals surface area contributed by atoms with Crippen molar-refractivity contribution in [3.05, 3.63) is 48.5 Å². The van der Waals surface area contributed by atoms with Crippen LogP contribution in [0.3, 0.4) is 0 Å². The Kier molecular flexibility index (Phi) is 17.7. The molecular formula is C43H62O7. The van der Waals surface area contributed by atoms with Crippen LogP contribution in [-0.4, -0.2) is 30.9 Å². The molecule has 2 aromatic carbocycles. The summed E-state index contributed by atoms with van der Waals surface area (Å²) in [5.74, 6) is 5.62. The molecule has 2 fully saturated rings. The highest BCUT2D eigenvalue weighted by Gasteiger charge is 2.23. The summed E-state index contributed by atoms with van der Waals surface area (Å²) < 4.78 is 22.7. The van der Waals surface area contributed by atoms with E-state index in [4.69, 9.17) is 18.9 Å². The van der Waals surface area contributed by atoms with E-state index in [9.17, 15) is 14.4 Å². The molecule has 0 radical (unpaired) electrons. The van der Waals surface area contributed by atoms with Crippen LogP contribution in [0.2, 0.25) is 0 Å². The third-order valence-electron chi connectivity index (χ3n) is 10.6. The number of hydrogen-bond donors (Lipinski definition) is 0. The van der Waals surface area contributed by atoms with E-state index >= 15 is 0 Å². The van der Waals surface area contributed by atoms with E-state index in [-0.39, 0.29) is 11.9 Å². The number of carbonyl (C=O) groups excluding carboxylic acids is 3. The van der Waals surface area contributed by atoms with E-state index in [1.807, 2.05) is 38.1 Å². The van der Waals surface area contributed by atoms with E-state index in [2.05, 4.69) is 0 Å². The maximum Gasteiger partial charge on any atom is 0.311 e. The lowest BCUT2D eigenvalue weighted by Crippen LogP contribution is -2.20. The lowest BCUT2D eigenvalue weighted by molar-refractivity contribution is -0.135. The van der Waals surface area contributed by atoms with Gasteiger partial charge in [0.25, 0.3) is 0 Å². The number of carbonyl (C=O) groups is 3. The van der Waals surface area contributed by atoms with Crippen LogP contribution in [-0.2, 0) is 14.4 Å². The van der Waals surface area contributed by atoms with Crippen molar-refractivity contribution in [2.45, 2.75) is 142 Å². The minimum atomic E-state index is -0.195. The molecule has 0 amide bonds. The Morgan fingerprint density at radius 2 is 0.820 bits per heavy atom. The first-order valence-corrected chi connectivity index (χ1v) is 19.8. The summed E-state index contributed by atoms with van der Waals surface area (Å²) in [5.41, 5.74) is 0. The molecule has 0 heterocycles. The van der Waals surface area contributed by atoms with E-state index in [0.717, 1.165) is 75.1 Å². The Morgan fingerprint density at radius 1 is 0.480 bits per heavy atom. The highest BCUT2D eigenvalue weighted by atomic mass is 16.5. The van der Waals surface area contributed by atoms with Gasteiger partial charge in [-0.1, -0.05) is 65.2 Å². The number of ketones is 1. The van der Waals surface area contributed by atoms with Gasteiger partial charge in [-0.3, -0.25) is 14.4 Å². The number of rotatable bonds is 22. The summed E-state index contributed by atoms with van der Waals surface area (Å²) in [5, 5.41) is 0. The van der Waals surface area contributed by atoms with Crippen molar-refractivity contribution in [2.75, 3.05) is 13.2 Å². The molecular weight excluding hydrogens is 628 g/mol. The molecule has 276 valence electrons. The molecule has 2 aromatic rings. The summed E-state index contributed by atoms with van der Waals surface area (Å²) in [6.07, 6.45) is 20.7. The van der Waals surface area contributed by atoms with Gasteiger partial charge < -0.3 is 18.9 Å². The second kappa shape index (κ2) is 22.5. The fourth-order valence-electron chi connectivity index (χ4n) is 7.42. The first-order chi connectivity index (χ1) is 24.4. The zero-order chi connectivity index (χ0) is 35.4. The maximum absolute atomic E-state index is 12.5. The first kappa shape index (κ1) is 39.4. The molecule has 0 atom stereocenters. The highest BCUT2D eigenvalue weighted by Crippen LogP contribution is 2.34. The molecule has 0 aliphatic heterocycles. The Morgan fingerprint density at radius 3 is 1.18 bits per heavy atom. The number of hydrogen-bond acceptors (Lipinski definition) is 7. The molecule has 0 spiro atoms. The summed E-state index contributed by atoms with van der Waals surface area (Å²) in [6, 6.07) is 14.7. The largest absolute Gasteiger partial charge is 0.493 e. The van der Waals surface area contributed by atoms with Gasteiger partial charge in [0.2, 0.25) is 0 Å². The van der Waals surface area contributed by atoms with Crippen molar-refractivity contribution >= 4 is 17.7 Å². The Hall–Kier alpha value is -3.35. The van der Waals surface area contributed by atoms with Crippen LogP contribution in [0.1, 0.15) is 142 Å². The second-order valence-electron chi connectivity index (χ2n) is 14.8. The quantitative estimate of drug-likeness (QED) is 0.0690. The zero-order valence-electron chi connectivity index (χ0n) is 30.8.